The van der Waals surface area contributed by atoms with Gasteiger partial charge in [-0.25, -0.2) is 4.98 Å². The van der Waals surface area contributed by atoms with Crippen LogP contribution in [0.25, 0.3) is 11.1 Å². The molecule has 1 aromatic carbocycles. The van der Waals surface area contributed by atoms with Gasteiger partial charge in [-0.2, -0.15) is 0 Å². The molecule has 37 heavy (non-hydrogen) atoms. The highest BCUT2D eigenvalue weighted by atomic mass is 19.4. The van der Waals surface area contributed by atoms with Crippen LogP contribution >= 0.6 is 0 Å². The highest BCUT2D eigenvalue weighted by Gasteiger charge is 2.31. The number of benzene rings is 1. The molecule has 1 atom stereocenters. The molecule has 0 saturated carbocycles. The number of rotatable bonds is 11. The van der Waals surface area contributed by atoms with E-state index in [1.807, 2.05) is 0 Å². The Kier molecular flexibility index (Phi) is 8.55. The molecule has 0 spiro atoms. The Bertz CT molecular complexity index is 1240. The predicted molar refractivity (Wildman–Crippen MR) is 129 cm³/mol. The van der Waals surface area contributed by atoms with Crippen LogP contribution in [0.5, 0.6) is 5.75 Å². The standard InChI is InChI=1S/C23H25F3N6O5/c1-14(33)11-29-22(34)18-13-31(10-2-9-28-20-8-7-19(32(35)36)21(27)30-20)12-17(18)15-3-5-16(6-4-15)37-23(24,25)26/h3-8,12-14,33H,2,9-11H2,1H3,(H,29,34)(H3,27,28,30)/t14-/m0/s1. The molecule has 0 saturated heterocycles. The molecule has 2 aromatic heterocycles. The van der Waals surface area contributed by atoms with Crippen molar-refractivity contribution in [2.75, 3.05) is 24.1 Å². The lowest BCUT2D eigenvalue weighted by atomic mass is 10.0. The maximum atomic E-state index is 12.7. The van der Waals surface area contributed by atoms with Crippen LogP contribution in [0, 0.1) is 10.1 Å². The van der Waals surface area contributed by atoms with E-state index in [1.165, 1.54) is 31.2 Å². The van der Waals surface area contributed by atoms with Crippen molar-refractivity contribution >= 4 is 23.2 Å². The van der Waals surface area contributed by atoms with Crippen molar-refractivity contribution < 1.29 is 32.7 Å². The number of aliphatic hydroxyl groups excluding tert-OH is 1. The summed E-state index contributed by atoms with van der Waals surface area (Å²) >= 11 is 0. The number of hydrogen-bond donors (Lipinski definition) is 4. The van der Waals surface area contributed by atoms with Crippen molar-refractivity contribution in [2.45, 2.75) is 32.4 Å². The second-order valence-electron chi connectivity index (χ2n) is 8.09. The maximum Gasteiger partial charge on any atom is 0.573 e. The summed E-state index contributed by atoms with van der Waals surface area (Å²) < 4.78 is 43.1. The van der Waals surface area contributed by atoms with E-state index in [2.05, 4.69) is 20.4 Å². The van der Waals surface area contributed by atoms with E-state index in [0.29, 0.717) is 36.5 Å². The van der Waals surface area contributed by atoms with Gasteiger partial charge in [0.05, 0.1) is 16.6 Å². The Morgan fingerprint density at radius 2 is 1.95 bits per heavy atom. The fourth-order valence-electron chi connectivity index (χ4n) is 3.42. The number of aliphatic hydroxyl groups is 1. The van der Waals surface area contributed by atoms with Crippen molar-refractivity contribution in [2.24, 2.45) is 0 Å². The fraction of sp³-hybridized carbons (Fsp3) is 0.304. The molecule has 1 amide bonds. The lowest BCUT2D eigenvalue weighted by Crippen LogP contribution is -2.30. The third kappa shape index (κ3) is 7.83. The molecule has 3 aromatic rings. The topological polar surface area (TPSA) is 158 Å². The number of pyridine rings is 1. The Balaban J connectivity index is 1.71. The first-order valence-corrected chi connectivity index (χ1v) is 11.1. The number of nitrogens with two attached hydrogens (primary N) is 1. The van der Waals surface area contributed by atoms with E-state index < -0.39 is 23.3 Å². The second kappa shape index (κ2) is 11.6. The van der Waals surface area contributed by atoms with Crippen LogP contribution in [-0.4, -0.2) is 51.0 Å². The molecule has 0 aliphatic carbocycles. The summed E-state index contributed by atoms with van der Waals surface area (Å²) in [4.78, 5) is 26.9. The van der Waals surface area contributed by atoms with Crippen LogP contribution in [0.2, 0.25) is 0 Å². The predicted octanol–water partition coefficient (Wildman–Crippen LogP) is 3.55. The van der Waals surface area contributed by atoms with Gasteiger partial charge in [-0.3, -0.25) is 14.9 Å². The molecule has 14 heteroatoms. The minimum absolute atomic E-state index is 0.0249. The second-order valence-corrected chi connectivity index (χ2v) is 8.09. The number of amides is 1. The first-order valence-electron chi connectivity index (χ1n) is 11.1. The van der Waals surface area contributed by atoms with Crippen LogP contribution in [0.4, 0.5) is 30.5 Å². The lowest BCUT2D eigenvalue weighted by molar-refractivity contribution is -0.384. The zero-order valence-electron chi connectivity index (χ0n) is 19.7. The molecule has 2 heterocycles. The number of nitrogen functional groups attached to an aromatic ring is 1. The molecule has 0 radical (unpaired) electrons. The van der Waals surface area contributed by atoms with Crippen LogP contribution in [0.3, 0.4) is 0 Å². The Labute approximate surface area is 209 Å². The molecular weight excluding hydrogens is 497 g/mol. The minimum Gasteiger partial charge on any atom is -0.406 e. The van der Waals surface area contributed by atoms with Crippen molar-refractivity contribution in [3.63, 3.8) is 0 Å². The van der Waals surface area contributed by atoms with Gasteiger partial charge in [-0.1, -0.05) is 12.1 Å². The largest absolute Gasteiger partial charge is 0.573 e. The molecule has 0 bridgehead atoms. The van der Waals surface area contributed by atoms with E-state index in [1.54, 1.807) is 17.0 Å². The first kappa shape index (κ1) is 27.3. The van der Waals surface area contributed by atoms with Gasteiger partial charge < -0.3 is 30.8 Å². The summed E-state index contributed by atoms with van der Waals surface area (Å²) in [7, 11) is 0. The summed E-state index contributed by atoms with van der Waals surface area (Å²) in [5, 5.41) is 26.0. The first-order chi connectivity index (χ1) is 17.4. The maximum absolute atomic E-state index is 12.7. The van der Waals surface area contributed by atoms with E-state index in [-0.39, 0.29) is 29.4 Å². The van der Waals surface area contributed by atoms with Crippen LogP contribution in [-0.2, 0) is 6.54 Å². The molecule has 11 nitrogen and oxygen atoms in total. The van der Waals surface area contributed by atoms with Gasteiger partial charge in [0.2, 0.25) is 5.82 Å². The number of hydrogen-bond acceptors (Lipinski definition) is 8. The van der Waals surface area contributed by atoms with Crippen LogP contribution in [0.1, 0.15) is 23.7 Å². The third-order valence-corrected chi connectivity index (χ3v) is 5.08. The summed E-state index contributed by atoms with van der Waals surface area (Å²) in [6, 6.07) is 7.84. The zero-order valence-corrected chi connectivity index (χ0v) is 19.7. The van der Waals surface area contributed by atoms with E-state index >= 15 is 0 Å². The minimum atomic E-state index is -4.82. The Hall–Kier alpha value is -4.33. The van der Waals surface area contributed by atoms with Gasteiger partial charge in [-0.15, -0.1) is 13.2 Å². The van der Waals surface area contributed by atoms with Crippen molar-refractivity contribution in [3.8, 4) is 16.9 Å². The van der Waals surface area contributed by atoms with Gasteiger partial charge >= 0.3 is 12.0 Å². The smallest absolute Gasteiger partial charge is 0.406 e. The molecule has 0 aliphatic rings. The average Bonchev–Trinajstić information content (AvgIpc) is 3.24. The van der Waals surface area contributed by atoms with Crippen molar-refractivity contribution in [1.29, 1.82) is 0 Å². The summed E-state index contributed by atoms with van der Waals surface area (Å²) in [5.74, 6) is -0.670. The SMILES string of the molecule is C[C@H](O)CNC(=O)c1cn(CCCNc2ccc([N+](=O)[O-])c(N)n2)cc1-c1ccc(OC(F)(F)F)cc1. The number of nitrogens with zero attached hydrogens (tertiary/aromatic N) is 3. The number of aromatic nitrogens is 2. The Morgan fingerprint density at radius 1 is 1.24 bits per heavy atom. The third-order valence-electron chi connectivity index (χ3n) is 5.08. The van der Waals surface area contributed by atoms with Crippen LogP contribution < -0.4 is 21.1 Å². The van der Waals surface area contributed by atoms with Gasteiger partial charge in [-0.05, 0) is 37.1 Å². The number of aryl methyl sites for hydroxylation is 1. The molecular formula is C23H25F3N6O5. The average molecular weight is 522 g/mol. The number of anilines is 2. The molecule has 5 N–H and O–H groups in total. The lowest BCUT2D eigenvalue weighted by Gasteiger charge is -2.10. The molecule has 0 unspecified atom stereocenters. The molecule has 3 rings (SSSR count). The monoisotopic (exact) mass is 522 g/mol. The van der Waals surface area contributed by atoms with Crippen molar-refractivity contribution in [3.05, 3.63) is 64.5 Å². The Morgan fingerprint density at radius 3 is 2.54 bits per heavy atom. The van der Waals surface area contributed by atoms with Crippen molar-refractivity contribution in [1.82, 2.24) is 14.9 Å². The van der Waals surface area contributed by atoms with E-state index in [9.17, 15) is 33.2 Å². The number of nitro groups is 1. The number of alkyl halides is 3. The normalized spacial score (nSPS) is 12.1. The number of carbonyl (C=O) groups excluding carboxylic acids is 1. The number of carbonyl (C=O) groups is 1. The number of nitrogens with one attached hydrogen (secondary N) is 2. The van der Waals surface area contributed by atoms with Gasteiger partial charge in [0.1, 0.15) is 11.6 Å². The molecule has 0 fully saturated rings. The highest BCUT2D eigenvalue weighted by Crippen LogP contribution is 2.29. The van der Waals surface area contributed by atoms with Gasteiger partial charge in [0, 0.05) is 43.7 Å². The van der Waals surface area contributed by atoms with E-state index in [0.717, 1.165) is 12.1 Å². The summed E-state index contributed by atoms with van der Waals surface area (Å²) in [5.41, 5.74) is 6.57. The van der Waals surface area contributed by atoms with Crippen LogP contribution in [0.15, 0.2) is 48.8 Å². The quantitative estimate of drug-likeness (QED) is 0.169. The number of ether oxygens (including phenoxy) is 1. The van der Waals surface area contributed by atoms with Gasteiger partial charge in [0.25, 0.3) is 5.91 Å². The molecule has 0 aliphatic heterocycles. The van der Waals surface area contributed by atoms with Gasteiger partial charge in [0.15, 0.2) is 0 Å². The highest BCUT2D eigenvalue weighted by molar-refractivity contribution is 6.00. The fourth-order valence-corrected chi connectivity index (χ4v) is 3.42. The molecule has 198 valence electrons. The van der Waals surface area contributed by atoms with E-state index in [4.69, 9.17) is 5.73 Å². The number of halogens is 3. The summed E-state index contributed by atoms with van der Waals surface area (Å²) in [6.45, 7) is 2.44. The zero-order chi connectivity index (χ0) is 27.2. The summed E-state index contributed by atoms with van der Waals surface area (Å²) in [6.07, 6.45) is -1.71.